The van der Waals surface area contributed by atoms with E-state index in [-0.39, 0.29) is 11.5 Å². The van der Waals surface area contributed by atoms with E-state index in [9.17, 15) is 10.1 Å². The summed E-state index contributed by atoms with van der Waals surface area (Å²) in [6, 6.07) is 16.9. The molecule has 0 aliphatic carbocycles. The first kappa shape index (κ1) is 22.6. The number of aromatic nitrogens is 3. The number of hydrogen-bond donors (Lipinski definition) is 2. The van der Waals surface area contributed by atoms with Crippen molar-refractivity contribution in [3.8, 4) is 17.7 Å². The lowest BCUT2D eigenvalue weighted by atomic mass is 10.1. The highest BCUT2D eigenvalue weighted by atomic mass is 16.5. The molecule has 0 saturated carbocycles. The summed E-state index contributed by atoms with van der Waals surface area (Å²) in [6.45, 7) is 5.84. The first-order valence-corrected chi connectivity index (χ1v) is 10.8. The third-order valence-electron chi connectivity index (χ3n) is 5.00. The van der Waals surface area contributed by atoms with Gasteiger partial charge in [0.05, 0.1) is 12.4 Å². The first-order chi connectivity index (χ1) is 16.4. The molecule has 2 heterocycles. The maximum Gasteiger partial charge on any atom is 0.265 e. The van der Waals surface area contributed by atoms with Crippen molar-refractivity contribution in [3.63, 3.8) is 0 Å². The monoisotopic (exact) mass is 452 g/mol. The molecule has 8 heteroatoms. The molecule has 2 aromatic carbocycles. The van der Waals surface area contributed by atoms with Crippen LogP contribution in [-0.4, -0.2) is 20.3 Å². The van der Waals surface area contributed by atoms with Crippen LogP contribution in [0.1, 0.15) is 19.4 Å². The van der Waals surface area contributed by atoms with Gasteiger partial charge < -0.3 is 15.4 Å². The second-order valence-electron chi connectivity index (χ2n) is 8.05. The van der Waals surface area contributed by atoms with Gasteiger partial charge in [-0.25, -0.2) is 9.97 Å². The smallest absolute Gasteiger partial charge is 0.265 e. The van der Waals surface area contributed by atoms with Crippen molar-refractivity contribution in [2.45, 2.75) is 20.8 Å². The molecule has 0 spiro atoms. The minimum Gasteiger partial charge on any atom is -0.439 e. The topological polar surface area (TPSA) is 104 Å². The minimum atomic E-state index is -0.460. The molecule has 0 bridgehead atoms. The van der Waals surface area contributed by atoms with Crippen LogP contribution in [0.5, 0.6) is 11.6 Å². The molecule has 0 aliphatic rings. The molecule has 1 amide bonds. The summed E-state index contributed by atoms with van der Waals surface area (Å²) in [5.74, 6) is 1.24. The molecule has 2 N–H and O–H groups in total. The summed E-state index contributed by atoms with van der Waals surface area (Å²) in [5, 5.41) is 15.3. The van der Waals surface area contributed by atoms with E-state index in [0.717, 1.165) is 16.8 Å². The number of aryl methyl sites for hydroxylation is 1. The number of carbonyl (C=O) groups excluding carboxylic acids is 1. The van der Waals surface area contributed by atoms with Crippen molar-refractivity contribution in [1.29, 1.82) is 5.26 Å². The summed E-state index contributed by atoms with van der Waals surface area (Å²) in [7, 11) is 0. The molecule has 0 radical (unpaired) electrons. The van der Waals surface area contributed by atoms with Crippen LogP contribution in [0, 0.1) is 24.2 Å². The number of allylic oxidation sites excluding steroid dienone is 1. The summed E-state index contributed by atoms with van der Waals surface area (Å²) >= 11 is 0. The highest BCUT2D eigenvalue weighted by molar-refractivity contribution is 6.06. The zero-order chi connectivity index (χ0) is 24.1. The van der Waals surface area contributed by atoms with E-state index < -0.39 is 5.91 Å². The number of carbonyl (C=O) groups is 1. The predicted molar refractivity (Wildman–Crippen MR) is 131 cm³/mol. The lowest BCUT2D eigenvalue weighted by Crippen LogP contribution is -2.14. The third-order valence-corrected chi connectivity index (χ3v) is 5.00. The zero-order valence-corrected chi connectivity index (χ0v) is 19.1. The lowest BCUT2D eigenvalue weighted by molar-refractivity contribution is -0.112. The molecule has 0 saturated heterocycles. The number of anilines is 3. The van der Waals surface area contributed by atoms with Crippen molar-refractivity contribution in [1.82, 2.24) is 14.4 Å². The molecule has 0 aliphatic heterocycles. The average Bonchev–Trinajstić information content (AvgIpc) is 3.31. The average molecular weight is 453 g/mol. The Balaban J connectivity index is 1.56. The fourth-order valence-corrected chi connectivity index (χ4v) is 3.36. The lowest BCUT2D eigenvalue weighted by Gasteiger charge is -2.13. The van der Waals surface area contributed by atoms with Crippen LogP contribution in [0.15, 0.2) is 78.9 Å². The molecular formula is C26H24N6O2. The van der Waals surface area contributed by atoms with E-state index >= 15 is 0 Å². The van der Waals surface area contributed by atoms with Crippen LogP contribution in [-0.2, 0) is 4.79 Å². The van der Waals surface area contributed by atoms with E-state index in [1.807, 2.05) is 51.1 Å². The van der Waals surface area contributed by atoms with Crippen LogP contribution < -0.4 is 15.4 Å². The number of fused-ring (bicyclic) bond motifs is 1. The first-order valence-electron chi connectivity index (χ1n) is 10.8. The SMILES string of the molecule is Cc1ccccc1Nc1ncc(Oc2cccc(NC(=O)/C(C#N)=C/C(C)C)c2)n2cncc12. The standard InChI is InChI=1S/C26H24N6O2/c1-17(2)11-19(13-27)26(33)30-20-8-6-9-21(12-20)34-24-15-29-25(23-14-28-16-32(23)24)31-22-10-5-4-7-18(22)3/h4-12,14-17H,1-3H3,(H,29,31)(H,30,33)/b19-11+. The van der Waals surface area contributed by atoms with Gasteiger partial charge in [0.15, 0.2) is 5.82 Å². The zero-order valence-electron chi connectivity index (χ0n) is 19.1. The Morgan fingerprint density at radius 3 is 2.76 bits per heavy atom. The van der Waals surface area contributed by atoms with Crippen LogP contribution in [0.3, 0.4) is 0 Å². The van der Waals surface area contributed by atoms with Crippen molar-refractivity contribution in [3.05, 3.63) is 84.5 Å². The summed E-state index contributed by atoms with van der Waals surface area (Å²) in [4.78, 5) is 21.2. The largest absolute Gasteiger partial charge is 0.439 e. The van der Waals surface area contributed by atoms with Crippen molar-refractivity contribution >= 4 is 28.6 Å². The van der Waals surface area contributed by atoms with Gasteiger partial charge in [0.25, 0.3) is 5.91 Å². The number of nitriles is 1. The molecule has 34 heavy (non-hydrogen) atoms. The van der Waals surface area contributed by atoms with Gasteiger partial charge in [-0.1, -0.05) is 44.2 Å². The second kappa shape index (κ2) is 9.88. The number of ether oxygens (including phenoxy) is 1. The fraction of sp³-hybridized carbons (Fsp3) is 0.154. The highest BCUT2D eigenvalue weighted by Gasteiger charge is 2.13. The Hall–Kier alpha value is -4.64. The van der Waals surface area contributed by atoms with Gasteiger partial charge in [-0.15, -0.1) is 0 Å². The molecule has 2 aromatic heterocycles. The Morgan fingerprint density at radius 2 is 2.00 bits per heavy atom. The molecule has 170 valence electrons. The van der Waals surface area contributed by atoms with Crippen LogP contribution in [0.25, 0.3) is 5.52 Å². The minimum absolute atomic E-state index is 0.0717. The number of para-hydroxylation sites is 1. The predicted octanol–water partition coefficient (Wildman–Crippen LogP) is 5.62. The van der Waals surface area contributed by atoms with Crippen molar-refractivity contribution in [2.24, 2.45) is 5.92 Å². The maximum atomic E-state index is 12.4. The second-order valence-corrected chi connectivity index (χ2v) is 8.05. The van der Waals surface area contributed by atoms with Crippen LogP contribution in [0.2, 0.25) is 0 Å². The number of rotatable bonds is 7. The summed E-state index contributed by atoms with van der Waals surface area (Å²) in [6.07, 6.45) is 6.60. The van der Waals surface area contributed by atoms with Gasteiger partial charge in [0.1, 0.15) is 29.2 Å². The molecule has 8 nitrogen and oxygen atoms in total. The van der Waals surface area contributed by atoms with Crippen LogP contribution in [0.4, 0.5) is 17.2 Å². The van der Waals surface area contributed by atoms with E-state index in [2.05, 4.69) is 20.6 Å². The quantitative estimate of drug-likeness (QED) is 0.279. The van der Waals surface area contributed by atoms with Crippen molar-refractivity contribution in [2.75, 3.05) is 10.6 Å². The summed E-state index contributed by atoms with van der Waals surface area (Å²) in [5.41, 5.74) is 3.40. The van der Waals surface area contributed by atoms with Crippen LogP contribution >= 0.6 is 0 Å². The van der Waals surface area contributed by atoms with Gasteiger partial charge in [0.2, 0.25) is 5.88 Å². The molecule has 4 aromatic rings. The van der Waals surface area contributed by atoms with E-state index in [4.69, 9.17) is 4.74 Å². The van der Waals surface area contributed by atoms with Crippen molar-refractivity contribution < 1.29 is 9.53 Å². The molecular weight excluding hydrogens is 428 g/mol. The molecule has 0 atom stereocenters. The number of amides is 1. The van der Waals surface area contributed by atoms with E-state index in [1.54, 1.807) is 53.5 Å². The fourth-order valence-electron chi connectivity index (χ4n) is 3.36. The van der Waals surface area contributed by atoms with Gasteiger partial charge in [-0.2, -0.15) is 5.26 Å². The maximum absolute atomic E-state index is 12.4. The number of nitrogens with zero attached hydrogens (tertiary/aromatic N) is 4. The number of nitrogens with one attached hydrogen (secondary N) is 2. The van der Waals surface area contributed by atoms with E-state index in [1.165, 1.54) is 0 Å². The number of imidazole rings is 1. The highest BCUT2D eigenvalue weighted by Crippen LogP contribution is 2.29. The third kappa shape index (κ3) is 5.05. The normalized spacial score (nSPS) is 11.3. The summed E-state index contributed by atoms with van der Waals surface area (Å²) < 4.78 is 7.84. The molecule has 0 unspecified atom stereocenters. The van der Waals surface area contributed by atoms with Gasteiger partial charge in [-0.05, 0) is 36.6 Å². The van der Waals surface area contributed by atoms with Gasteiger partial charge in [-0.3, -0.25) is 9.20 Å². The number of benzene rings is 2. The Kier molecular flexibility index (Phi) is 6.55. The Labute approximate surface area is 197 Å². The van der Waals surface area contributed by atoms with E-state index in [0.29, 0.717) is 23.1 Å². The Bertz CT molecular complexity index is 1410. The molecule has 0 fully saturated rings. The Morgan fingerprint density at radius 1 is 1.18 bits per heavy atom. The van der Waals surface area contributed by atoms with Gasteiger partial charge >= 0.3 is 0 Å². The molecule has 4 rings (SSSR count). The van der Waals surface area contributed by atoms with Gasteiger partial charge in [0, 0.05) is 17.4 Å². The number of hydrogen-bond acceptors (Lipinski definition) is 6.